The number of carboxylic acids is 1. The van der Waals surface area contributed by atoms with E-state index >= 15 is 0 Å². The topological polar surface area (TPSA) is 71.3 Å². The Kier molecular flexibility index (Phi) is 3.55. The van der Waals surface area contributed by atoms with Crippen molar-refractivity contribution >= 4 is 28.9 Å². The van der Waals surface area contributed by atoms with Crippen molar-refractivity contribution in [2.45, 2.75) is 32.2 Å². The number of aromatic nitrogens is 1. The zero-order valence-corrected chi connectivity index (χ0v) is 12.4. The summed E-state index contributed by atoms with van der Waals surface area (Å²) in [6.07, 6.45) is 5.29. The van der Waals surface area contributed by atoms with Gasteiger partial charge in [-0.2, -0.15) is 0 Å². The minimum Gasteiger partial charge on any atom is -0.477 e. The number of aryl methyl sites for hydroxylation is 1. The molecule has 3 rings (SSSR count). The summed E-state index contributed by atoms with van der Waals surface area (Å²) in [5, 5.41) is 13.7. The fraction of sp³-hybridized carbons (Fsp3) is 0.333. The van der Waals surface area contributed by atoms with Gasteiger partial charge in [-0.3, -0.25) is 4.79 Å². The molecule has 1 aliphatic rings. The minimum absolute atomic E-state index is 0.169. The van der Waals surface area contributed by atoms with Crippen LogP contribution in [0.3, 0.4) is 0 Å². The molecule has 2 heterocycles. The predicted octanol–water partition coefficient (Wildman–Crippen LogP) is 3.53. The third-order valence-electron chi connectivity index (χ3n) is 3.89. The number of thiophene rings is 1. The molecule has 0 bridgehead atoms. The molecule has 1 saturated carbocycles. The third-order valence-corrected chi connectivity index (χ3v) is 4.97. The average Bonchev–Trinajstić information content (AvgIpc) is 2.96. The van der Waals surface area contributed by atoms with E-state index in [9.17, 15) is 9.59 Å². The Hall–Kier alpha value is -2.08. The fourth-order valence-electron chi connectivity index (χ4n) is 2.50. The van der Waals surface area contributed by atoms with E-state index in [-0.39, 0.29) is 10.8 Å². The van der Waals surface area contributed by atoms with Gasteiger partial charge in [0, 0.05) is 12.2 Å². The highest BCUT2D eigenvalue weighted by Gasteiger charge is 2.24. The monoisotopic (exact) mass is 304 g/mol. The standard InChI is InChI=1S/C15H16N2O3S/c1-9-8-21-13(15(19)20)12(9)16-14(18)11-6-3-7-17(11)10-4-2-5-10/h3,6-8,10H,2,4-5H2,1H3,(H,16,18)(H,19,20). The first kappa shape index (κ1) is 13.9. The smallest absolute Gasteiger partial charge is 0.348 e. The van der Waals surface area contributed by atoms with Crippen molar-refractivity contribution in [3.63, 3.8) is 0 Å². The molecule has 1 amide bonds. The molecule has 6 heteroatoms. The number of carboxylic acid groups (broad SMARTS) is 1. The van der Waals surface area contributed by atoms with E-state index in [1.165, 1.54) is 6.42 Å². The van der Waals surface area contributed by atoms with E-state index in [1.807, 2.05) is 16.8 Å². The van der Waals surface area contributed by atoms with Gasteiger partial charge in [0.1, 0.15) is 10.6 Å². The third kappa shape index (κ3) is 2.47. The molecule has 21 heavy (non-hydrogen) atoms. The van der Waals surface area contributed by atoms with Gasteiger partial charge in [-0.15, -0.1) is 11.3 Å². The first-order valence-corrected chi connectivity index (χ1v) is 7.75. The fourth-order valence-corrected chi connectivity index (χ4v) is 3.35. The molecule has 0 atom stereocenters. The molecule has 1 fully saturated rings. The van der Waals surface area contributed by atoms with E-state index in [1.54, 1.807) is 18.4 Å². The van der Waals surface area contributed by atoms with Crippen LogP contribution in [-0.2, 0) is 0 Å². The number of nitrogens with one attached hydrogen (secondary N) is 1. The first-order chi connectivity index (χ1) is 10.1. The zero-order chi connectivity index (χ0) is 15.0. The van der Waals surface area contributed by atoms with Crippen molar-refractivity contribution in [3.05, 3.63) is 39.8 Å². The van der Waals surface area contributed by atoms with Gasteiger partial charge < -0.3 is 15.0 Å². The van der Waals surface area contributed by atoms with Crippen molar-refractivity contribution in [2.75, 3.05) is 5.32 Å². The Morgan fingerprint density at radius 3 is 2.81 bits per heavy atom. The molecule has 0 aliphatic heterocycles. The molecular weight excluding hydrogens is 288 g/mol. The maximum absolute atomic E-state index is 12.4. The van der Waals surface area contributed by atoms with Crippen LogP contribution in [-0.4, -0.2) is 21.6 Å². The molecule has 0 saturated heterocycles. The van der Waals surface area contributed by atoms with Gasteiger partial charge in [0.25, 0.3) is 5.91 Å². The van der Waals surface area contributed by atoms with E-state index < -0.39 is 5.97 Å². The summed E-state index contributed by atoms with van der Waals surface area (Å²) >= 11 is 1.13. The summed E-state index contributed by atoms with van der Waals surface area (Å²) in [5.41, 5.74) is 1.76. The summed E-state index contributed by atoms with van der Waals surface area (Å²) in [6, 6.07) is 4.02. The van der Waals surface area contributed by atoms with Crippen molar-refractivity contribution in [3.8, 4) is 0 Å². The molecule has 2 N–H and O–H groups in total. The molecule has 2 aromatic heterocycles. The van der Waals surface area contributed by atoms with E-state index in [0.717, 1.165) is 29.7 Å². The highest BCUT2D eigenvalue weighted by Crippen LogP contribution is 2.33. The quantitative estimate of drug-likeness (QED) is 0.907. The van der Waals surface area contributed by atoms with Gasteiger partial charge in [-0.05, 0) is 49.3 Å². The van der Waals surface area contributed by atoms with Crippen LogP contribution in [0.5, 0.6) is 0 Å². The SMILES string of the molecule is Cc1csc(C(=O)O)c1NC(=O)c1cccn1C1CCC1. The van der Waals surface area contributed by atoms with Gasteiger partial charge in [-0.1, -0.05) is 0 Å². The van der Waals surface area contributed by atoms with Crippen LogP contribution in [0.15, 0.2) is 23.7 Å². The normalized spacial score (nSPS) is 14.7. The molecule has 0 aromatic carbocycles. The van der Waals surface area contributed by atoms with Crippen LogP contribution < -0.4 is 5.32 Å². The Balaban J connectivity index is 1.85. The lowest BCUT2D eigenvalue weighted by atomic mass is 9.93. The number of aromatic carboxylic acids is 1. The van der Waals surface area contributed by atoms with E-state index in [2.05, 4.69) is 5.32 Å². The van der Waals surface area contributed by atoms with Crippen molar-refractivity contribution in [2.24, 2.45) is 0 Å². The molecule has 0 unspecified atom stereocenters. The number of amides is 1. The van der Waals surface area contributed by atoms with Crippen molar-refractivity contribution < 1.29 is 14.7 Å². The Morgan fingerprint density at radius 2 is 2.19 bits per heavy atom. The lowest BCUT2D eigenvalue weighted by molar-refractivity contribution is 0.0703. The zero-order valence-electron chi connectivity index (χ0n) is 11.6. The number of nitrogens with zero attached hydrogens (tertiary/aromatic N) is 1. The summed E-state index contributed by atoms with van der Waals surface area (Å²) < 4.78 is 1.99. The average molecular weight is 304 g/mol. The van der Waals surface area contributed by atoms with Crippen LogP contribution in [0.4, 0.5) is 5.69 Å². The highest BCUT2D eigenvalue weighted by atomic mass is 32.1. The lowest BCUT2D eigenvalue weighted by Crippen LogP contribution is -2.23. The highest BCUT2D eigenvalue weighted by molar-refractivity contribution is 7.12. The molecule has 1 aliphatic carbocycles. The molecule has 0 spiro atoms. The van der Waals surface area contributed by atoms with Crippen LogP contribution >= 0.6 is 11.3 Å². The molecule has 110 valence electrons. The number of hydrogen-bond acceptors (Lipinski definition) is 3. The van der Waals surface area contributed by atoms with Crippen LogP contribution in [0.2, 0.25) is 0 Å². The van der Waals surface area contributed by atoms with Crippen molar-refractivity contribution in [1.82, 2.24) is 4.57 Å². The van der Waals surface area contributed by atoms with E-state index in [0.29, 0.717) is 17.4 Å². The molecule has 0 radical (unpaired) electrons. The molecule has 5 nitrogen and oxygen atoms in total. The summed E-state index contributed by atoms with van der Waals surface area (Å²) in [5.74, 6) is -1.27. The second-order valence-electron chi connectivity index (χ2n) is 5.27. The lowest BCUT2D eigenvalue weighted by Gasteiger charge is -2.28. The first-order valence-electron chi connectivity index (χ1n) is 6.87. The number of hydrogen-bond donors (Lipinski definition) is 2. The van der Waals surface area contributed by atoms with Crippen LogP contribution in [0.25, 0.3) is 0 Å². The largest absolute Gasteiger partial charge is 0.477 e. The minimum atomic E-state index is -1.02. The van der Waals surface area contributed by atoms with Gasteiger partial charge in [0.2, 0.25) is 0 Å². The van der Waals surface area contributed by atoms with Crippen LogP contribution in [0, 0.1) is 6.92 Å². The molecule has 2 aromatic rings. The second-order valence-corrected chi connectivity index (χ2v) is 6.15. The van der Waals surface area contributed by atoms with Gasteiger partial charge in [0.05, 0.1) is 5.69 Å². The van der Waals surface area contributed by atoms with Gasteiger partial charge >= 0.3 is 5.97 Å². The van der Waals surface area contributed by atoms with E-state index in [4.69, 9.17) is 5.11 Å². The summed E-state index contributed by atoms with van der Waals surface area (Å²) in [7, 11) is 0. The Morgan fingerprint density at radius 1 is 1.43 bits per heavy atom. The maximum atomic E-state index is 12.4. The second kappa shape index (κ2) is 5.37. The Bertz CT molecular complexity index is 698. The number of anilines is 1. The number of rotatable bonds is 4. The number of carbonyl (C=O) groups excluding carboxylic acids is 1. The van der Waals surface area contributed by atoms with Crippen molar-refractivity contribution in [1.29, 1.82) is 0 Å². The van der Waals surface area contributed by atoms with Gasteiger partial charge in [-0.25, -0.2) is 4.79 Å². The molecular formula is C15H16N2O3S. The van der Waals surface area contributed by atoms with Gasteiger partial charge in [0.15, 0.2) is 0 Å². The number of carbonyl (C=O) groups is 2. The maximum Gasteiger partial charge on any atom is 0.348 e. The van der Waals surface area contributed by atoms with Crippen LogP contribution in [0.1, 0.15) is 51.0 Å². The predicted molar refractivity (Wildman–Crippen MR) is 81.3 cm³/mol. The Labute approximate surface area is 126 Å². The summed E-state index contributed by atoms with van der Waals surface area (Å²) in [6.45, 7) is 1.80. The summed E-state index contributed by atoms with van der Waals surface area (Å²) in [4.78, 5) is 23.8.